The van der Waals surface area contributed by atoms with Gasteiger partial charge in [-0.2, -0.15) is 0 Å². The standard InChI is InChI=1S/C21H30N2O5/c1-14(2)12-17(19(25)26)23-18(24)13-22-20(27)21(8-10-28-11-9-21)16-7-5-4-6-15(16)3/h4-7,14,17H,8-13H2,1-3H3,(H,22,27)(H,23,24)(H,25,26)/t17-/m0/s1. The van der Waals surface area contributed by atoms with Crippen LogP contribution in [0.5, 0.6) is 0 Å². The summed E-state index contributed by atoms with van der Waals surface area (Å²) in [4.78, 5) is 36.6. The van der Waals surface area contributed by atoms with Crippen molar-refractivity contribution in [2.75, 3.05) is 19.8 Å². The van der Waals surface area contributed by atoms with Gasteiger partial charge in [-0.1, -0.05) is 38.1 Å². The number of rotatable bonds is 8. The van der Waals surface area contributed by atoms with Crippen molar-refractivity contribution < 1.29 is 24.2 Å². The summed E-state index contributed by atoms with van der Waals surface area (Å²) >= 11 is 0. The number of carboxylic acid groups (broad SMARTS) is 1. The maximum absolute atomic E-state index is 13.1. The van der Waals surface area contributed by atoms with Crippen molar-refractivity contribution in [3.05, 3.63) is 35.4 Å². The average molecular weight is 390 g/mol. The van der Waals surface area contributed by atoms with Crippen molar-refractivity contribution in [1.29, 1.82) is 0 Å². The lowest BCUT2D eigenvalue weighted by Gasteiger charge is -2.37. The predicted molar refractivity (Wildman–Crippen MR) is 105 cm³/mol. The molecule has 1 aromatic rings. The first-order chi connectivity index (χ1) is 13.3. The van der Waals surface area contributed by atoms with E-state index in [-0.39, 0.29) is 18.4 Å². The number of nitrogens with one attached hydrogen (secondary N) is 2. The second-order valence-electron chi connectivity index (χ2n) is 7.78. The number of amides is 2. The summed E-state index contributed by atoms with van der Waals surface area (Å²) < 4.78 is 5.45. The second-order valence-corrected chi connectivity index (χ2v) is 7.78. The maximum atomic E-state index is 13.1. The Bertz CT molecular complexity index is 711. The number of carbonyl (C=O) groups is 3. The van der Waals surface area contributed by atoms with Gasteiger partial charge in [-0.15, -0.1) is 0 Å². The van der Waals surface area contributed by atoms with Gasteiger partial charge < -0.3 is 20.5 Å². The molecule has 154 valence electrons. The highest BCUT2D eigenvalue weighted by molar-refractivity contribution is 5.93. The van der Waals surface area contributed by atoms with Crippen molar-refractivity contribution in [1.82, 2.24) is 10.6 Å². The number of benzene rings is 1. The number of aryl methyl sites for hydroxylation is 1. The average Bonchev–Trinajstić information content (AvgIpc) is 2.66. The van der Waals surface area contributed by atoms with Crippen LogP contribution >= 0.6 is 0 Å². The molecule has 3 N–H and O–H groups in total. The Morgan fingerprint density at radius 2 is 1.82 bits per heavy atom. The van der Waals surface area contributed by atoms with Gasteiger partial charge in [-0.3, -0.25) is 9.59 Å². The van der Waals surface area contributed by atoms with Crippen LogP contribution in [0.4, 0.5) is 0 Å². The molecule has 0 radical (unpaired) electrons. The van der Waals surface area contributed by atoms with E-state index in [1.807, 2.05) is 45.0 Å². The predicted octanol–water partition coefficient (Wildman–Crippen LogP) is 1.77. The Labute approximate surface area is 165 Å². The van der Waals surface area contributed by atoms with E-state index in [0.29, 0.717) is 32.5 Å². The topological polar surface area (TPSA) is 105 Å². The van der Waals surface area contributed by atoms with E-state index in [2.05, 4.69) is 10.6 Å². The molecule has 7 nitrogen and oxygen atoms in total. The molecule has 1 aromatic carbocycles. The zero-order valence-corrected chi connectivity index (χ0v) is 16.8. The van der Waals surface area contributed by atoms with E-state index >= 15 is 0 Å². The molecule has 1 saturated heterocycles. The molecule has 2 amide bonds. The molecule has 0 bridgehead atoms. The first-order valence-corrected chi connectivity index (χ1v) is 9.70. The van der Waals surface area contributed by atoms with Crippen LogP contribution in [0, 0.1) is 12.8 Å². The SMILES string of the molecule is Cc1ccccc1C1(C(=O)NCC(=O)N[C@@H](CC(C)C)C(=O)O)CCOCC1. The van der Waals surface area contributed by atoms with Gasteiger partial charge >= 0.3 is 5.97 Å². The third-order valence-electron chi connectivity index (χ3n) is 5.19. The van der Waals surface area contributed by atoms with Gasteiger partial charge in [-0.25, -0.2) is 4.79 Å². The zero-order valence-electron chi connectivity index (χ0n) is 16.8. The van der Waals surface area contributed by atoms with Crippen LogP contribution in [0.1, 0.15) is 44.2 Å². The Hall–Kier alpha value is -2.41. The molecule has 2 rings (SSSR count). The van der Waals surface area contributed by atoms with Crippen LogP contribution in [0.2, 0.25) is 0 Å². The molecule has 0 spiro atoms. The molecule has 0 aromatic heterocycles. The Balaban J connectivity index is 2.07. The molecule has 0 saturated carbocycles. The summed E-state index contributed by atoms with van der Waals surface area (Å²) in [6, 6.07) is 6.79. The van der Waals surface area contributed by atoms with E-state index in [1.165, 1.54) is 0 Å². The highest BCUT2D eigenvalue weighted by Crippen LogP contribution is 2.36. The van der Waals surface area contributed by atoms with Crippen LogP contribution < -0.4 is 10.6 Å². The molecule has 1 aliphatic rings. The lowest BCUT2D eigenvalue weighted by atomic mass is 9.72. The first kappa shape index (κ1) is 21.9. The van der Waals surface area contributed by atoms with Crippen molar-refractivity contribution in [2.45, 2.75) is 51.5 Å². The quantitative estimate of drug-likeness (QED) is 0.628. The monoisotopic (exact) mass is 390 g/mol. The molecule has 1 atom stereocenters. The Morgan fingerprint density at radius 3 is 2.39 bits per heavy atom. The lowest BCUT2D eigenvalue weighted by Crippen LogP contribution is -2.52. The fourth-order valence-electron chi connectivity index (χ4n) is 3.72. The van der Waals surface area contributed by atoms with Crippen LogP contribution in [-0.4, -0.2) is 48.7 Å². The first-order valence-electron chi connectivity index (χ1n) is 9.70. The number of aliphatic carboxylic acids is 1. The molecule has 1 aliphatic heterocycles. The van der Waals surface area contributed by atoms with Gasteiger partial charge in [0.2, 0.25) is 11.8 Å². The summed E-state index contributed by atoms with van der Waals surface area (Å²) in [7, 11) is 0. The number of hydrogen-bond donors (Lipinski definition) is 3. The number of carbonyl (C=O) groups excluding carboxylic acids is 2. The smallest absolute Gasteiger partial charge is 0.326 e. The van der Waals surface area contributed by atoms with Gasteiger partial charge in [0.1, 0.15) is 6.04 Å². The third kappa shape index (κ3) is 5.32. The molecular formula is C21H30N2O5. The molecule has 28 heavy (non-hydrogen) atoms. The highest BCUT2D eigenvalue weighted by atomic mass is 16.5. The molecule has 0 aliphatic carbocycles. The van der Waals surface area contributed by atoms with Crippen LogP contribution in [0.15, 0.2) is 24.3 Å². The Kier molecular flexibility index (Phi) is 7.57. The highest BCUT2D eigenvalue weighted by Gasteiger charge is 2.42. The Morgan fingerprint density at radius 1 is 1.18 bits per heavy atom. The van der Waals surface area contributed by atoms with E-state index in [1.54, 1.807) is 0 Å². The largest absolute Gasteiger partial charge is 0.480 e. The fourth-order valence-corrected chi connectivity index (χ4v) is 3.72. The molecular weight excluding hydrogens is 360 g/mol. The summed E-state index contributed by atoms with van der Waals surface area (Å²) in [5.41, 5.74) is 1.22. The maximum Gasteiger partial charge on any atom is 0.326 e. The van der Waals surface area contributed by atoms with E-state index in [0.717, 1.165) is 11.1 Å². The fraction of sp³-hybridized carbons (Fsp3) is 0.571. The summed E-state index contributed by atoms with van der Waals surface area (Å²) in [5.74, 6) is -1.68. The van der Waals surface area contributed by atoms with Crippen molar-refractivity contribution >= 4 is 17.8 Å². The summed E-state index contributed by atoms with van der Waals surface area (Å²) in [6.45, 7) is 6.44. The van der Waals surface area contributed by atoms with Gasteiger partial charge in [0.05, 0.1) is 12.0 Å². The van der Waals surface area contributed by atoms with Gasteiger partial charge in [-0.05, 0) is 43.2 Å². The van der Waals surface area contributed by atoms with E-state index < -0.39 is 23.3 Å². The van der Waals surface area contributed by atoms with Gasteiger partial charge in [0.25, 0.3) is 0 Å². The summed E-state index contributed by atoms with van der Waals surface area (Å²) in [5, 5.41) is 14.5. The zero-order chi connectivity index (χ0) is 20.7. The summed E-state index contributed by atoms with van der Waals surface area (Å²) in [6.07, 6.45) is 1.41. The molecule has 1 fully saturated rings. The van der Waals surface area contributed by atoms with Crippen LogP contribution in [0.3, 0.4) is 0 Å². The van der Waals surface area contributed by atoms with E-state index in [4.69, 9.17) is 4.74 Å². The minimum absolute atomic E-state index is 0.127. The van der Waals surface area contributed by atoms with Crippen molar-refractivity contribution in [2.24, 2.45) is 5.92 Å². The minimum Gasteiger partial charge on any atom is -0.480 e. The second kappa shape index (κ2) is 9.68. The molecule has 7 heteroatoms. The number of carboxylic acids is 1. The van der Waals surface area contributed by atoms with Crippen molar-refractivity contribution in [3.63, 3.8) is 0 Å². The van der Waals surface area contributed by atoms with Gasteiger partial charge in [0, 0.05) is 13.2 Å². The van der Waals surface area contributed by atoms with E-state index in [9.17, 15) is 19.5 Å². The number of ether oxygens (including phenoxy) is 1. The van der Waals surface area contributed by atoms with Crippen LogP contribution in [-0.2, 0) is 24.5 Å². The lowest BCUT2D eigenvalue weighted by molar-refractivity contribution is -0.142. The van der Waals surface area contributed by atoms with Crippen molar-refractivity contribution in [3.8, 4) is 0 Å². The van der Waals surface area contributed by atoms with Gasteiger partial charge in [0.15, 0.2) is 0 Å². The third-order valence-corrected chi connectivity index (χ3v) is 5.19. The number of hydrogen-bond acceptors (Lipinski definition) is 4. The van der Waals surface area contributed by atoms with Crippen LogP contribution in [0.25, 0.3) is 0 Å². The minimum atomic E-state index is -1.07. The molecule has 0 unspecified atom stereocenters. The molecule has 1 heterocycles. The normalized spacial score (nSPS) is 17.0.